The molecule has 0 aliphatic heterocycles. The van der Waals surface area contributed by atoms with E-state index in [1.54, 1.807) is 12.3 Å². The van der Waals surface area contributed by atoms with Crippen molar-refractivity contribution in [3.8, 4) is 5.88 Å². The monoisotopic (exact) mass is 230 g/mol. The van der Waals surface area contributed by atoms with Crippen LogP contribution in [0.25, 0.3) is 0 Å². The van der Waals surface area contributed by atoms with Crippen LogP contribution in [0.3, 0.4) is 0 Å². The van der Waals surface area contributed by atoms with Crippen molar-refractivity contribution in [1.29, 1.82) is 0 Å². The highest BCUT2D eigenvalue weighted by Crippen LogP contribution is 2.10. The molecule has 3 nitrogen and oxygen atoms in total. The Bertz CT molecular complexity index is 308. The average Bonchev–Trinajstić information content (AvgIpc) is 2.27. The molecule has 0 amide bonds. The molecule has 1 N–H and O–H groups in total. The summed E-state index contributed by atoms with van der Waals surface area (Å²) in [6, 6.07) is 3.50. The molecule has 0 saturated heterocycles. The summed E-state index contributed by atoms with van der Waals surface area (Å²) in [6.07, 6.45) is 0.146. The number of rotatable bonds is 7. The van der Waals surface area contributed by atoms with E-state index < -0.39 is 13.0 Å². The third kappa shape index (κ3) is 5.02. The van der Waals surface area contributed by atoms with E-state index in [0.717, 1.165) is 18.5 Å². The van der Waals surface area contributed by atoms with Gasteiger partial charge in [-0.25, -0.2) is 13.8 Å². The molecule has 1 heterocycles. The highest BCUT2D eigenvalue weighted by Gasteiger charge is 2.04. The number of hydrogen-bond donors (Lipinski definition) is 1. The molecule has 0 aliphatic rings. The molecule has 90 valence electrons. The molecule has 5 heteroatoms. The van der Waals surface area contributed by atoms with Crippen LogP contribution in [0.15, 0.2) is 18.3 Å². The topological polar surface area (TPSA) is 34.2 Å². The number of nitrogens with one attached hydrogen (secondary N) is 1. The first-order chi connectivity index (χ1) is 7.72. The minimum atomic E-state index is -2.47. The molecule has 0 saturated carbocycles. The minimum absolute atomic E-state index is 0.246. The Balaban J connectivity index is 2.43. The number of nitrogens with zero attached hydrogens (tertiary/aromatic N) is 1. The number of alkyl halides is 2. The zero-order chi connectivity index (χ0) is 11.8. The van der Waals surface area contributed by atoms with Gasteiger partial charge in [-0.3, -0.25) is 0 Å². The van der Waals surface area contributed by atoms with Gasteiger partial charge in [-0.1, -0.05) is 6.92 Å². The number of pyridine rings is 1. The van der Waals surface area contributed by atoms with E-state index in [4.69, 9.17) is 4.74 Å². The molecule has 1 aromatic rings. The first-order valence-corrected chi connectivity index (χ1v) is 5.29. The second-order valence-corrected chi connectivity index (χ2v) is 3.38. The maximum absolute atomic E-state index is 11.9. The van der Waals surface area contributed by atoms with Gasteiger partial charge in [0, 0.05) is 18.8 Å². The second-order valence-electron chi connectivity index (χ2n) is 3.38. The first kappa shape index (κ1) is 12.8. The van der Waals surface area contributed by atoms with Gasteiger partial charge >= 0.3 is 0 Å². The highest BCUT2D eigenvalue weighted by molar-refractivity contribution is 5.20. The Morgan fingerprint density at radius 3 is 3.00 bits per heavy atom. The van der Waals surface area contributed by atoms with Crippen LogP contribution in [0.2, 0.25) is 0 Å². The molecule has 0 atom stereocenters. The van der Waals surface area contributed by atoms with E-state index in [2.05, 4.69) is 17.2 Å². The summed E-state index contributed by atoms with van der Waals surface area (Å²) in [7, 11) is 0. The van der Waals surface area contributed by atoms with Gasteiger partial charge in [0.25, 0.3) is 6.43 Å². The van der Waals surface area contributed by atoms with Crippen molar-refractivity contribution in [2.45, 2.75) is 26.3 Å². The normalized spacial score (nSPS) is 10.8. The quantitative estimate of drug-likeness (QED) is 0.729. The first-order valence-electron chi connectivity index (χ1n) is 5.29. The lowest BCUT2D eigenvalue weighted by Crippen LogP contribution is -2.14. The van der Waals surface area contributed by atoms with Gasteiger partial charge in [0.05, 0.1) is 0 Å². The Kier molecular flexibility index (Phi) is 5.71. The third-order valence-electron chi connectivity index (χ3n) is 1.91. The van der Waals surface area contributed by atoms with E-state index >= 15 is 0 Å². The molecule has 0 aromatic carbocycles. The van der Waals surface area contributed by atoms with Crippen LogP contribution in [-0.4, -0.2) is 24.6 Å². The van der Waals surface area contributed by atoms with Gasteiger partial charge in [0.15, 0.2) is 6.61 Å². The van der Waals surface area contributed by atoms with Crippen molar-refractivity contribution in [3.63, 3.8) is 0 Å². The number of hydrogen-bond acceptors (Lipinski definition) is 3. The summed E-state index contributed by atoms with van der Waals surface area (Å²) in [4.78, 5) is 3.86. The molecule has 0 spiro atoms. The predicted octanol–water partition coefficient (Wildman–Crippen LogP) is 2.23. The van der Waals surface area contributed by atoms with Crippen molar-refractivity contribution < 1.29 is 13.5 Å². The van der Waals surface area contributed by atoms with Gasteiger partial charge in [-0.2, -0.15) is 0 Å². The van der Waals surface area contributed by atoms with Crippen LogP contribution < -0.4 is 10.1 Å². The fourth-order valence-corrected chi connectivity index (χ4v) is 1.20. The van der Waals surface area contributed by atoms with Crippen molar-refractivity contribution in [2.75, 3.05) is 13.2 Å². The van der Waals surface area contributed by atoms with Crippen molar-refractivity contribution in [1.82, 2.24) is 10.3 Å². The van der Waals surface area contributed by atoms with Crippen LogP contribution in [0.1, 0.15) is 18.9 Å². The molecular formula is C11H16F2N2O. The predicted molar refractivity (Wildman–Crippen MR) is 57.7 cm³/mol. The fourth-order valence-electron chi connectivity index (χ4n) is 1.20. The molecule has 1 aromatic heterocycles. The molecule has 0 unspecified atom stereocenters. The fraction of sp³-hybridized carbons (Fsp3) is 0.545. The molecule has 1 rings (SSSR count). The summed E-state index contributed by atoms with van der Waals surface area (Å²) in [5.41, 5.74) is 0.979. The average molecular weight is 230 g/mol. The Morgan fingerprint density at radius 2 is 2.31 bits per heavy atom. The molecule has 0 radical (unpaired) electrons. The van der Waals surface area contributed by atoms with E-state index in [1.807, 2.05) is 6.07 Å². The van der Waals surface area contributed by atoms with Crippen molar-refractivity contribution >= 4 is 0 Å². The van der Waals surface area contributed by atoms with Crippen molar-refractivity contribution in [2.24, 2.45) is 0 Å². The van der Waals surface area contributed by atoms with Gasteiger partial charge in [-0.05, 0) is 24.6 Å². The SMILES string of the molecule is CCCNCc1ccnc(OCC(F)F)c1. The molecule has 0 aliphatic carbocycles. The Labute approximate surface area is 93.8 Å². The Morgan fingerprint density at radius 1 is 1.50 bits per heavy atom. The molecular weight excluding hydrogens is 214 g/mol. The number of halogens is 2. The van der Waals surface area contributed by atoms with Gasteiger partial charge in [0.2, 0.25) is 5.88 Å². The lowest BCUT2D eigenvalue weighted by atomic mass is 10.2. The van der Waals surface area contributed by atoms with Gasteiger partial charge in [-0.15, -0.1) is 0 Å². The lowest BCUT2D eigenvalue weighted by molar-refractivity contribution is 0.0795. The van der Waals surface area contributed by atoms with Crippen LogP contribution in [0.5, 0.6) is 5.88 Å². The lowest BCUT2D eigenvalue weighted by Gasteiger charge is -2.07. The van der Waals surface area contributed by atoms with Crippen LogP contribution in [-0.2, 0) is 6.54 Å². The standard InChI is InChI=1S/C11H16F2N2O/c1-2-4-14-7-9-3-5-15-11(6-9)16-8-10(12)13/h3,5-6,10,14H,2,4,7-8H2,1H3. The largest absolute Gasteiger partial charge is 0.472 e. The molecule has 16 heavy (non-hydrogen) atoms. The summed E-state index contributed by atoms with van der Waals surface area (Å²) >= 11 is 0. The van der Waals surface area contributed by atoms with Crippen molar-refractivity contribution in [3.05, 3.63) is 23.9 Å². The van der Waals surface area contributed by atoms with E-state index in [-0.39, 0.29) is 5.88 Å². The minimum Gasteiger partial charge on any atom is -0.472 e. The van der Waals surface area contributed by atoms with Crippen LogP contribution in [0.4, 0.5) is 8.78 Å². The zero-order valence-electron chi connectivity index (χ0n) is 9.25. The third-order valence-corrected chi connectivity index (χ3v) is 1.91. The van der Waals surface area contributed by atoms with E-state index in [1.165, 1.54) is 0 Å². The Hall–Kier alpha value is -1.23. The second kappa shape index (κ2) is 7.11. The zero-order valence-corrected chi connectivity index (χ0v) is 9.25. The molecule has 0 fully saturated rings. The highest BCUT2D eigenvalue weighted by atomic mass is 19.3. The van der Waals surface area contributed by atoms with E-state index in [0.29, 0.717) is 6.54 Å². The summed E-state index contributed by atoms with van der Waals surface area (Å²) in [5, 5.41) is 3.21. The maximum Gasteiger partial charge on any atom is 0.272 e. The summed E-state index contributed by atoms with van der Waals surface area (Å²) in [5.74, 6) is 0.246. The van der Waals surface area contributed by atoms with E-state index in [9.17, 15) is 8.78 Å². The summed E-state index contributed by atoms with van der Waals surface area (Å²) in [6.45, 7) is 3.09. The summed E-state index contributed by atoms with van der Waals surface area (Å²) < 4.78 is 28.6. The maximum atomic E-state index is 11.9. The smallest absolute Gasteiger partial charge is 0.272 e. The number of ether oxygens (including phenoxy) is 1. The van der Waals surface area contributed by atoms with Crippen LogP contribution >= 0.6 is 0 Å². The number of aromatic nitrogens is 1. The van der Waals surface area contributed by atoms with Gasteiger partial charge in [0.1, 0.15) is 0 Å². The van der Waals surface area contributed by atoms with Gasteiger partial charge < -0.3 is 10.1 Å². The molecule has 0 bridgehead atoms. The van der Waals surface area contributed by atoms with Crippen LogP contribution in [0, 0.1) is 0 Å².